The van der Waals surface area contributed by atoms with Crippen LogP contribution in [0.1, 0.15) is 56.4 Å². The summed E-state index contributed by atoms with van der Waals surface area (Å²) in [5, 5.41) is 9.08. The smallest absolute Gasteiger partial charge is 0.119 e. The van der Waals surface area contributed by atoms with E-state index in [4.69, 9.17) is 9.84 Å². The molecule has 2 nitrogen and oxygen atoms in total. The zero-order valence-electron chi connectivity index (χ0n) is 14.5. The zero-order chi connectivity index (χ0) is 16.7. The summed E-state index contributed by atoms with van der Waals surface area (Å²) >= 11 is 0. The normalized spacial score (nSPS) is 17.8. The van der Waals surface area contributed by atoms with Crippen molar-refractivity contribution in [2.75, 3.05) is 0 Å². The van der Waals surface area contributed by atoms with Crippen molar-refractivity contribution in [3.63, 3.8) is 0 Å². The molecule has 0 spiro atoms. The van der Waals surface area contributed by atoms with Gasteiger partial charge in [-0.1, -0.05) is 58.0 Å². The molecule has 0 amide bonds. The summed E-state index contributed by atoms with van der Waals surface area (Å²) in [6.07, 6.45) is 1.18. The van der Waals surface area contributed by atoms with Gasteiger partial charge in [-0.2, -0.15) is 0 Å². The lowest BCUT2D eigenvalue weighted by Crippen LogP contribution is -2.18. The van der Waals surface area contributed by atoms with Crippen LogP contribution in [0.15, 0.2) is 42.5 Å². The number of hydrogen-bond acceptors (Lipinski definition) is 2. The number of aliphatic hydroxyl groups excluding tert-OH is 1. The molecule has 122 valence electrons. The number of aliphatic hydroxyl groups is 1. The van der Waals surface area contributed by atoms with Crippen LogP contribution in [0.4, 0.5) is 0 Å². The fourth-order valence-electron chi connectivity index (χ4n) is 3.98. The third-order valence-electron chi connectivity index (χ3n) is 4.94. The number of benzene rings is 2. The number of ether oxygens (including phenoxy) is 1. The van der Waals surface area contributed by atoms with Gasteiger partial charge in [0.2, 0.25) is 0 Å². The van der Waals surface area contributed by atoms with Crippen molar-refractivity contribution in [1.29, 1.82) is 0 Å². The monoisotopic (exact) mass is 310 g/mol. The van der Waals surface area contributed by atoms with Crippen LogP contribution in [0.5, 0.6) is 5.75 Å². The molecule has 0 saturated heterocycles. The zero-order valence-corrected chi connectivity index (χ0v) is 14.5. The van der Waals surface area contributed by atoms with Gasteiger partial charge in [0.05, 0.1) is 6.61 Å². The third-order valence-corrected chi connectivity index (χ3v) is 4.94. The molecule has 23 heavy (non-hydrogen) atoms. The van der Waals surface area contributed by atoms with Gasteiger partial charge in [0.25, 0.3) is 0 Å². The Bertz CT molecular complexity index is 696. The number of hydrogen-bond donors (Lipinski definition) is 1. The van der Waals surface area contributed by atoms with E-state index < -0.39 is 0 Å². The van der Waals surface area contributed by atoms with Crippen LogP contribution in [-0.4, -0.2) is 5.11 Å². The largest absolute Gasteiger partial charge is 0.489 e. The van der Waals surface area contributed by atoms with E-state index in [9.17, 15) is 0 Å². The molecule has 0 unspecified atom stereocenters. The Balaban J connectivity index is 1.77. The first-order valence-electron chi connectivity index (χ1n) is 8.28. The van der Waals surface area contributed by atoms with Crippen LogP contribution in [-0.2, 0) is 24.0 Å². The average molecular weight is 310 g/mol. The lowest BCUT2D eigenvalue weighted by atomic mass is 9.82. The van der Waals surface area contributed by atoms with E-state index in [2.05, 4.69) is 45.9 Å². The summed E-state index contributed by atoms with van der Waals surface area (Å²) in [5.41, 5.74) is 5.51. The molecule has 0 aromatic heterocycles. The lowest BCUT2D eigenvalue weighted by Gasteiger charge is -2.22. The first-order valence-corrected chi connectivity index (χ1v) is 8.28. The maximum Gasteiger partial charge on any atom is 0.119 e. The fraction of sp³-hybridized carbons (Fsp3) is 0.429. The maximum absolute atomic E-state index is 9.08. The van der Waals surface area contributed by atoms with E-state index in [1.165, 1.54) is 23.1 Å². The van der Waals surface area contributed by atoms with E-state index in [1.807, 2.05) is 24.3 Å². The maximum atomic E-state index is 9.08. The highest BCUT2D eigenvalue weighted by molar-refractivity contribution is 5.46. The van der Waals surface area contributed by atoms with Crippen LogP contribution in [0.2, 0.25) is 0 Å². The first kappa shape index (κ1) is 16.1. The van der Waals surface area contributed by atoms with Gasteiger partial charge in [-0.15, -0.1) is 0 Å². The van der Waals surface area contributed by atoms with Gasteiger partial charge in [-0.25, -0.2) is 0 Å². The second kappa shape index (κ2) is 5.68. The average Bonchev–Trinajstić information content (AvgIpc) is 2.70. The standard InChI is InChI=1S/C21H26O2/c1-20(2)14-21(3,4)19-11-16(7-10-18(19)20)13-23-17-8-5-15(12-22)6-9-17/h5-11,22H,12-14H2,1-4H3. The Kier molecular flexibility index (Phi) is 3.97. The summed E-state index contributed by atoms with van der Waals surface area (Å²) in [6, 6.07) is 14.4. The van der Waals surface area contributed by atoms with Crippen molar-refractivity contribution < 1.29 is 9.84 Å². The molecule has 0 saturated carbocycles. The Hall–Kier alpha value is -1.80. The Labute approximate surface area is 139 Å². The SMILES string of the molecule is CC1(C)CC(C)(C)c2cc(COc3ccc(CO)cc3)ccc21. The van der Waals surface area contributed by atoms with Crippen LogP contribution >= 0.6 is 0 Å². The lowest BCUT2D eigenvalue weighted by molar-refractivity contribution is 0.280. The molecule has 1 aliphatic rings. The van der Waals surface area contributed by atoms with Crippen molar-refractivity contribution in [1.82, 2.24) is 0 Å². The second-order valence-electron chi connectivity index (χ2n) is 7.92. The predicted octanol–water partition coefficient (Wildman–Crippen LogP) is 4.72. The summed E-state index contributed by atoms with van der Waals surface area (Å²) < 4.78 is 5.89. The molecule has 0 aliphatic heterocycles. The number of rotatable bonds is 4. The predicted molar refractivity (Wildman–Crippen MR) is 93.8 cm³/mol. The van der Waals surface area contributed by atoms with Crippen molar-refractivity contribution in [3.8, 4) is 5.75 Å². The van der Waals surface area contributed by atoms with Crippen molar-refractivity contribution in [2.45, 2.75) is 58.2 Å². The molecule has 0 radical (unpaired) electrons. The second-order valence-corrected chi connectivity index (χ2v) is 7.92. The minimum atomic E-state index is 0.0654. The molecule has 1 aliphatic carbocycles. The highest BCUT2D eigenvalue weighted by atomic mass is 16.5. The highest BCUT2D eigenvalue weighted by Gasteiger charge is 2.41. The van der Waals surface area contributed by atoms with E-state index in [-0.39, 0.29) is 17.4 Å². The molecule has 0 heterocycles. The van der Waals surface area contributed by atoms with Gasteiger partial charge >= 0.3 is 0 Å². The molecule has 1 N–H and O–H groups in total. The van der Waals surface area contributed by atoms with Gasteiger partial charge in [0.1, 0.15) is 12.4 Å². The molecule has 3 rings (SSSR count). The van der Waals surface area contributed by atoms with Gasteiger partial charge in [0.15, 0.2) is 0 Å². The summed E-state index contributed by atoms with van der Waals surface area (Å²) in [7, 11) is 0. The highest BCUT2D eigenvalue weighted by Crippen LogP contribution is 2.49. The minimum Gasteiger partial charge on any atom is -0.489 e. The van der Waals surface area contributed by atoms with Crippen LogP contribution < -0.4 is 4.74 Å². The summed E-state index contributed by atoms with van der Waals surface area (Å²) in [5.74, 6) is 0.835. The van der Waals surface area contributed by atoms with Crippen molar-refractivity contribution in [2.24, 2.45) is 0 Å². The van der Waals surface area contributed by atoms with Gasteiger partial charge in [0, 0.05) is 0 Å². The minimum absolute atomic E-state index is 0.0654. The van der Waals surface area contributed by atoms with Crippen molar-refractivity contribution in [3.05, 3.63) is 64.7 Å². The molecule has 2 heteroatoms. The topological polar surface area (TPSA) is 29.5 Å². The van der Waals surface area contributed by atoms with Gasteiger partial charge < -0.3 is 9.84 Å². The molecule has 0 bridgehead atoms. The summed E-state index contributed by atoms with van der Waals surface area (Å²) in [6.45, 7) is 9.97. The molecule has 2 aromatic rings. The molecule has 0 atom stereocenters. The first-order chi connectivity index (χ1) is 10.8. The summed E-state index contributed by atoms with van der Waals surface area (Å²) in [4.78, 5) is 0. The Morgan fingerprint density at radius 2 is 1.48 bits per heavy atom. The van der Waals surface area contributed by atoms with Crippen molar-refractivity contribution >= 4 is 0 Å². The van der Waals surface area contributed by atoms with E-state index in [1.54, 1.807) is 0 Å². The van der Waals surface area contributed by atoms with Gasteiger partial charge in [-0.3, -0.25) is 0 Å². The third kappa shape index (κ3) is 3.13. The van der Waals surface area contributed by atoms with Crippen LogP contribution in [0.25, 0.3) is 0 Å². The Morgan fingerprint density at radius 3 is 2.13 bits per heavy atom. The van der Waals surface area contributed by atoms with E-state index in [0.29, 0.717) is 6.61 Å². The van der Waals surface area contributed by atoms with E-state index in [0.717, 1.165) is 11.3 Å². The molecular weight excluding hydrogens is 284 g/mol. The van der Waals surface area contributed by atoms with Crippen LogP contribution in [0, 0.1) is 0 Å². The fourth-order valence-corrected chi connectivity index (χ4v) is 3.98. The number of fused-ring (bicyclic) bond motifs is 1. The van der Waals surface area contributed by atoms with E-state index >= 15 is 0 Å². The van der Waals surface area contributed by atoms with Crippen LogP contribution in [0.3, 0.4) is 0 Å². The van der Waals surface area contributed by atoms with Gasteiger partial charge in [-0.05, 0) is 51.6 Å². The molecule has 2 aromatic carbocycles. The Morgan fingerprint density at radius 1 is 0.870 bits per heavy atom. The quantitative estimate of drug-likeness (QED) is 0.885. The molecule has 0 fully saturated rings. The molecular formula is C21H26O2.